The van der Waals surface area contributed by atoms with Gasteiger partial charge in [0.1, 0.15) is 0 Å². The van der Waals surface area contributed by atoms with Crippen molar-refractivity contribution in [3.05, 3.63) is 92.0 Å². The minimum Gasteiger partial charge on any atom is -0.0652 e. The number of halogens is 1. The fraction of sp³-hybridized carbons (Fsp3) is 0.231. The number of hydrogen-bond acceptors (Lipinski definition) is 0. The van der Waals surface area contributed by atoms with Crippen molar-refractivity contribution in [1.29, 1.82) is 0 Å². The molecule has 1 heteroatoms. The molecule has 0 N–H and O–H groups in total. The lowest BCUT2D eigenvalue weighted by Gasteiger charge is -2.17. The molecule has 1 unspecified atom stereocenters. The molecule has 0 radical (unpaired) electrons. The summed E-state index contributed by atoms with van der Waals surface area (Å²) in [5.41, 5.74) is 10.4. The second-order valence-corrected chi connectivity index (χ2v) is 8.94. The van der Waals surface area contributed by atoms with E-state index in [4.69, 9.17) is 0 Å². The van der Waals surface area contributed by atoms with Crippen LogP contribution >= 0.6 is 15.9 Å². The Morgan fingerprint density at radius 2 is 1.85 bits per heavy atom. The third-order valence-corrected chi connectivity index (χ3v) is 6.82. The van der Waals surface area contributed by atoms with Crippen LogP contribution < -0.4 is 0 Å². The largest absolute Gasteiger partial charge is 0.0652 e. The Bertz CT molecular complexity index is 1130. The number of benzene rings is 3. The minimum atomic E-state index is 0.548. The molecule has 0 saturated heterocycles. The summed E-state index contributed by atoms with van der Waals surface area (Å²) in [5, 5.41) is 2.72. The summed E-state index contributed by atoms with van der Waals surface area (Å²) in [5.74, 6) is 0.548. The van der Waals surface area contributed by atoms with E-state index < -0.39 is 0 Å². The van der Waals surface area contributed by atoms with Crippen molar-refractivity contribution in [2.24, 2.45) is 0 Å². The van der Waals surface area contributed by atoms with Gasteiger partial charge in [-0.1, -0.05) is 69.6 Å². The van der Waals surface area contributed by atoms with E-state index in [1.54, 1.807) is 5.57 Å². The fourth-order valence-corrected chi connectivity index (χ4v) is 5.26. The van der Waals surface area contributed by atoms with Crippen LogP contribution in [-0.2, 0) is 6.42 Å². The van der Waals surface area contributed by atoms with Crippen molar-refractivity contribution >= 4 is 38.9 Å². The van der Waals surface area contributed by atoms with Crippen LogP contribution in [0, 0.1) is 6.92 Å². The van der Waals surface area contributed by atoms with Crippen LogP contribution in [0.3, 0.4) is 0 Å². The van der Waals surface area contributed by atoms with Crippen LogP contribution in [0.1, 0.15) is 53.5 Å². The standard InChI is InChI=1S/C26H23Br/c1-16-11-25-17(2)24-10-8-22(27)14-21(24)15-26(25)23(16)9-7-18-12-19-5-3-4-6-20(19)13-18/h3-6,8,10-12,14-15,23H,7,9,13H2,1-2H3. The Morgan fingerprint density at radius 1 is 1.00 bits per heavy atom. The molecule has 0 nitrogen and oxygen atoms in total. The van der Waals surface area contributed by atoms with Crippen molar-refractivity contribution < 1.29 is 0 Å². The van der Waals surface area contributed by atoms with Gasteiger partial charge in [0.15, 0.2) is 0 Å². The molecular formula is C26H23Br. The maximum Gasteiger partial charge on any atom is 0.0181 e. The van der Waals surface area contributed by atoms with E-state index >= 15 is 0 Å². The highest BCUT2D eigenvalue weighted by atomic mass is 79.9. The average Bonchev–Trinajstić information content (AvgIpc) is 3.20. The highest BCUT2D eigenvalue weighted by molar-refractivity contribution is 9.10. The zero-order chi connectivity index (χ0) is 18.5. The number of allylic oxidation sites excluding steroid dienone is 2. The molecule has 1 atom stereocenters. The third kappa shape index (κ3) is 2.89. The highest BCUT2D eigenvalue weighted by Gasteiger charge is 2.25. The minimum absolute atomic E-state index is 0.548. The lowest BCUT2D eigenvalue weighted by atomic mass is 9.87. The molecule has 0 fully saturated rings. The van der Waals surface area contributed by atoms with Crippen LogP contribution in [0.5, 0.6) is 0 Å². The van der Waals surface area contributed by atoms with Gasteiger partial charge in [-0.05, 0) is 89.9 Å². The molecule has 0 spiro atoms. The maximum absolute atomic E-state index is 3.63. The van der Waals surface area contributed by atoms with Crippen molar-refractivity contribution in [1.82, 2.24) is 0 Å². The first-order valence-corrected chi connectivity index (χ1v) is 10.6. The predicted octanol–water partition coefficient (Wildman–Crippen LogP) is 7.83. The Balaban J connectivity index is 1.44. The zero-order valence-corrected chi connectivity index (χ0v) is 17.4. The number of hydrogen-bond donors (Lipinski definition) is 0. The van der Waals surface area contributed by atoms with Gasteiger partial charge in [-0.3, -0.25) is 0 Å². The molecule has 3 aromatic carbocycles. The molecule has 134 valence electrons. The molecule has 0 amide bonds. The van der Waals surface area contributed by atoms with Gasteiger partial charge in [0.05, 0.1) is 0 Å². The summed E-state index contributed by atoms with van der Waals surface area (Å²) in [6, 6.07) is 17.9. The van der Waals surface area contributed by atoms with Gasteiger partial charge in [0.2, 0.25) is 0 Å². The van der Waals surface area contributed by atoms with Crippen molar-refractivity contribution in [3.8, 4) is 0 Å². The molecule has 27 heavy (non-hydrogen) atoms. The Kier molecular flexibility index (Phi) is 4.09. The topological polar surface area (TPSA) is 0 Å². The summed E-state index contributed by atoms with van der Waals surface area (Å²) in [4.78, 5) is 0. The van der Waals surface area contributed by atoms with Crippen molar-refractivity contribution in [2.75, 3.05) is 0 Å². The zero-order valence-electron chi connectivity index (χ0n) is 15.9. The summed E-state index contributed by atoms with van der Waals surface area (Å²) >= 11 is 3.63. The van der Waals surface area contributed by atoms with Gasteiger partial charge in [0, 0.05) is 10.4 Å². The monoisotopic (exact) mass is 414 g/mol. The smallest absolute Gasteiger partial charge is 0.0181 e. The summed E-state index contributed by atoms with van der Waals surface area (Å²) in [6.07, 6.45) is 8.34. The molecule has 0 saturated carbocycles. The normalized spacial score (nSPS) is 17.7. The van der Waals surface area contributed by atoms with E-state index in [9.17, 15) is 0 Å². The maximum atomic E-state index is 3.63. The van der Waals surface area contributed by atoms with E-state index in [0.717, 1.165) is 10.9 Å². The molecule has 2 aliphatic carbocycles. The molecule has 2 aliphatic rings. The van der Waals surface area contributed by atoms with Gasteiger partial charge in [-0.25, -0.2) is 0 Å². The second-order valence-electron chi connectivity index (χ2n) is 8.03. The van der Waals surface area contributed by atoms with Crippen molar-refractivity contribution in [3.63, 3.8) is 0 Å². The Hall–Kier alpha value is -2.12. The Labute approximate surface area is 169 Å². The third-order valence-electron chi connectivity index (χ3n) is 6.33. The van der Waals surface area contributed by atoms with E-state index in [-0.39, 0.29) is 0 Å². The van der Waals surface area contributed by atoms with Crippen molar-refractivity contribution in [2.45, 2.75) is 39.0 Å². The van der Waals surface area contributed by atoms with Gasteiger partial charge in [-0.2, -0.15) is 0 Å². The Morgan fingerprint density at radius 3 is 2.70 bits per heavy atom. The van der Waals surface area contributed by atoms with Gasteiger partial charge in [0.25, 0.3) is 0 Å². The molecule has 0 bridgehead atoms. The number of aryl methyl sites for hydroxylation is 1. The first-order valence-electron chi connectivity index (χ1n) is 9.78. The SMILES string of the molecule is CC1=Cc2c(cc3cc(Br)ccc3c2C)C1CCC1=Cc2ccccc2C1. The first kappa shape index (κ1) is 17.0. The van der Waals surface area contributed by atoms with Crippen LogP contribution in [-0.4, -0.2) is 0 Å². The van der Waals surface area contributed by atoms with Crippen LogP contribution in [0.15, 0.2) is 64.1 Å². The van der Waals surface area contributed by atoms with E-state index in [1.807, 2.05) is 0 Å². The van der Waals surface area contributed by atoms with Gasteiger partial charge < -0.3 is 0 Å². The van der Waals surface area contributed by atoms with Gasteiger partial charge in [-0.15, -0.1) is 0 Å². The molecule has 5 rings (SSSR count). The number of fused-ring (bicyclic) bond motifs is 3. The van der Waals surface area contributed by atoms with E-state index in [0.29, 0.717) is 5.92 Å². The quantitative estimate of drug-likeness (QED) is 0.409. The average molecular weight is 415 g/mol. The fourth-order valence-electron chi connectivity index (χ4n) is 4.88. The van der Waals surface area contributed by atoms with E-state index in [1.165, 1.54) is 57.0 Å². The van der Waals surface area contributed by atoms with Crippen LogP contribution in [0.2, 0.25) is 0 Å². The first-order chi connectivity index (χ1) is 13.1. The lowest BCUT2D eigenvalue weighted by Crippen LogP contribution is -2.00. The van der Waals surface area contributed by atoms with Gasteiger partial charge >= 0.3 is 0 Å². The van der Waals surface area contributed by atoms with Crippen LogP contribution in [0.25, 0.3) is 22.9 Å². The summed E-state index contributed by atoms with van der Waals surface area (Å²) in [7, 11) is 0. The molecule has 0 heterocycles. The summed E-state index contributed by atoms with van der Waals surface area (Å²) < 4.78 is 1.16. The molecular weight excluding hydrogens is 392 g/mol. The molecule has 3 aromatic rings. The second kappa shape index (κ2) is 6.49. The van der Waals surface area contributed by atoms with E-state index in [2.05, 4.69) is 90.5 Å². The molecule has 0 aliphatic heterocycles. The number of rotatable bonds is 3. The predicted molar refractivity (Wildman–Crippen MR) is 120 cm³/mol. The van der Waals surface area contributed by atoms with Crippen LogP contribution in [0.4, 0.5) is 0 Å². The lowest BCUT2D eigenvalue weighted by molar-refractivity contribution is 0.706. The molecule has 0 aromatic heterocycles. The highest BCUT2D eigenvalue weighted by Crippen LogP contribution is 2.44. The summed E-state index contributed by atoms with van der Waals surface area (Å²) in [6.45, 7) is 4.58.